The van der Waals surface area contributed by atoms with Crippen molar-refractivity contribution < 1.29 is 5.11 Å². The highest BCUT2D eigenvalue weighted by Gasteiger charge is 2.14. The Balaban J connectivity index is 2.21. The molecule has 0 unspecified atom stereocenters. The van der Waals surface area contributed by atoms with Gasteiger partial charge in [-0.1, -0.05) is 41.7 Å². The molecule has 0 amide bonds. The van der Waals surface area contributed by atoms with E-state index in [-0.39, 0.29) is 5.75 Å². The van der Waals surface area contributed by atoms with Gasteiger partial charge < -0.3 is 10.4 Å². The molecule has 0 aliphatic heterocycles. The highest BCUT2D eigenvalue weighted by Crippen LogP contribution is 2.39. The summed E-state index contributed by atoms with van der Waals surface area (Å²) in [7, 11) is 0. The van der Waals surface area contributed by atoms with E-state index >= 15 is 0 Å². The number of nitrogens with one attached hydrogen (secondary N) is 1. The van der Waals surface area contributed by atoms with Gasteiger partial charge in [0.1, 0.15) is 0 Å². The van der Waals surface area contributed by atoms with E-state index in [9.17, 15) is 5.11 Å². The van der Waals surface area contributed by atoms with Crippen molar-refractivity contribution in [2.45, 2.75) is 19.9 Å². The van der Waals surface area contributed by atoms with Crippen molar-refractivity contribution in [3.05, 3.63) is 37.2 Å². The topological polar surface area (TPSA) is 45.2 Å². The van der Waals surface area contributed by atoms with Crippen LogP contribution in [0.2, 0.25) is 14.5 Å². The smallest absolute Gasteiger partial charge is 0.183 e. The lowest BCUT2D eigenvalue weighted by molar-refractivity contribution is 0.477. The van der Waals surface area contributed by atoms with Crippen molar-refractivity contribution >= 4 is 51.8 Å². The summed E-state index contributed by atoms with van der Waals surface area (Å²) in [5.74, 6) is 0.0125. The zero-order chi connectivity index (χ0) is 14.0. The highest BCUT2D eigenvalue weighted by atomic mass is 35.5. The van der Waals surface area contributed by atoms with Gasteiger partial charge in [0.2, 0.25) is 0 Å². The first-order chi connectivity index (χ1) is 9.02. The van der Waals surface area contributed by atoms with Gasteiger partial charge in [-0.15, -0.1) is 11.3 Å². The molecule has 0 radical (unpaired) electrons. The lowest BCUT2D eigenvalue weighted by atomic mass is 10.1. The second-order valence-electron chi connectivity index (χ2n) is 3.83. The molecule has 0 aliphatic rings. The number of aromatic hydroxyl groups is 1. The predicted octanol–water partition coefficient (Wildman–Crippen LogP) is 4.98. The van der Waals surface area contributed by atoms with E-state index in [4.69, 9.17) is 34.8 Å². The zero-order valence-electron chi connectivity index (χ0n) is 10.0. The molecule has 1 aromatic heterocycles. The number of thiazole rings is 1. The van der Waals surface area contributed by atoms with Crippen LogP contribution in [0.3, 0.4) is 0 Å². The van der Waals surface area contributed by atoms with Crippen LogP contribution >= 0.6 is 46.1 Å². The van der Waals surface area contributed by atoms with E-state index in [1.807, 2.05) is 6.92 Å². The fraction of sp³-hybridized carbons (Fsp3) is 0.250. The third-order valence-electron chi connectivity index (χ3n) is 2.62. The maximum Gasteiger partial charge on any atom is 0.183 e. The predicted molar refractivity (Wildman–Crippen MR) is 82.0 cm³/mol. The number of hydrogen-bond acceptors (Lipinski definition) is 4. The van der Waals surface area contributed by atoms with Crippen LogP contribution in [-0.2, 0) is 13.0 Å². The van der Waals surface area contributed by atoms with Crippen LogP contribution in [0.1, 0.15) is 17.4 Å². The number of anilines is 1. The van der Waals surface area contributed by atoms with Gasteiger partial charge in [-0.2, -0.15) is 0 Å². The van der Waals surface area contributed by atoms with Crippen molar-refractivity contribution in [2.24, 2.45) is 0 Å². The third-order valence-corrected chi connectivity index (χ3v) is 4.48. The second kappa shape index (κ2) is 6.18. The fourth-order valence-electron chi connectivity index (χ4n) is 1.65. The number of nitrogens with zero attached hydrogens (tertiary/aromatic N) is 1. The lowest BCUT2D eigenvalue weighted by Gasteiger charge is -2.13. The molecule has 2 aromatic rings. The van der Waals surface area contributed by atoms with Gasteiger partial charge in [0.15, 0.2) is 10.2 Å². The Kier molecular flexibility index (Phi) is 4.79. The number of phenols is 1. The standard InChI is InChI=1S/C12H11Cl3N2OS/c1-2-7-8(13)3-9(11(18)10(7)14)16-4-6-5-17-12(15)19-6/h3,5,16,18H,2,4H2,1H3. The maximum absolute atomic E-state index is 10.0. The van der Waals surface area contributed by atoms with Crippen molar-refractivity contribution in [1.29, 1.82) is 0 Å². The first kappa shape index (κ1) is 14.7. The molecule has 3 nitrogen and oxygen atoms in total. The van der Waals surface area contributed by atoms with Crippen LogP contribution in [0.25, 0.3) is 0 Å². The molecule has 0 saturated carbocycles. The molecule has 0 atom stereocenters. The Morgan fingerprint density at radius 2 is 2.11 bits per heavy atom. The molecule has 0 fully saturated rings. The van der Waals surface area contributed by atoms with Gasteiger partial charge >= 0.3 is 0 Å². The van der Waals surface area contributed by atoms with Crippen LogP contribution in [0, 0.1) is 0 Å². The minimum atomic E-state index is 0.0125. The molecular formula is C12H11Cl3N2OS. The first-order valence-electron chi connectivity index (χ1n) is 5.56. The number of aromatic nitrogens is 1. The minimum absolute atomic E-state index is 0.0125. The summed E-state index contributed by atoms with van der Waals surface area (Å²) in [6.45, 7) is 2.43. The molecule has 0 aliphatic carbocycles. The van der Waals surface area contributed by atoms with Gasteiger partial charge in [0.25, 0.3) is 0 Å². The Hall–Kier alpha value is -0.680. The largest absolute Gasteiger partial charge is 0.504 e. The number of halogens is 3. The minimum Gasteiger partial charge on any atom is -0.504 e. The third kappa shape index (κ3) is 3.26. The summed E-state index contributed by atoms with van der Waals surface area (Å²) in [6.07, 6.45) is 2.34. The van der Waals surface area contributed by atoms with Crippen LogP contribution in [0.4, 0.5) is 5.69 Å². The fourth-order valence-corrected chi connectivity index (χ4v) is 3.30. The van der Waals surface area contributed by atoms with Crippen LogP contribution in [0.5, 0.6) is 5.75 Å². The van der Waals surface area contributed by atoms with E-state index in [2.05, 4.69) is 10.3 Å². The van der Waals surface area contributed by atoms with Gasteiger partial charge in [0.05, 0.1) is 17.3 Å². The number of benzene rings is 1. The summed E-state index contributed by atoms with van der Waals surface area (Å²) in [5, 5.41) is 13.9. The van der Waals surface area contributed by atoms with E-state index < -0.39 is 0 Å². The molecule has 19 heavy (non-hydrogen) atoms. The van der Waals surface area contributed by atoms with Gasteiger partial charge in [-0.3, -0.25) is 0 Å². The molecular weight excluding hydrogens is 327 g/mol. The average molecular weight is 338 g/mol. The Labute approximate surface area is 130 Å². The van der Waals surface area contributed by atoms with Gasteiger partial charge in [0, 0.05) is 16.1 Å². The van der Waals surface area contributed by atoms with Crippen molar-refractivity contribution in [3.63, 3.8) is 0 Å². The second-order valence-corrected chi connectivity index (χ2v) is 6.32. The lowest BCUT2D eigenvalue weighted by Crippen LogP contribution is -1.99. The summed E-state index contributed by atoms with van der Waals surface area (Å²) < 4.78 is 0.485. The number of rotatable bonds is 4. The van der Waals surface area contributed by atoms with E-state index in [0.717, 1.165) is 10.4 Å². The van der Waals surface area contributed by atoms with Gasteiger partial charge in [-0.05, 0) is 18.1 Å². The number of phenolic OH excluding ortho intramolecular Hbond substituents is 1. The monoisotopic (exact) mass is 336 g/mol. The van der Waals surface area contributed by atoms with Crippen LogP contribution in [0.15, 0.2) is 12.3 Å². The first-order valence-corrected chi connectivity index (χ1v) is 7.51. The summed E-state index contributed by atoms with van der Waals surface area (Å²) in [4.78, 5) is 4.90. The molecule has 0 bridgehead atoms. The Morgan fingerprint density at radius 3 is 2.68 bits per heavy atom. The molecule has 1 heterocycles. The van der Waals surface area contributed by atoms with Crippen molar-refractivity contribution in [3.8, 4) is 5.75 Å². The van der Waals surface area contributed by atoms with Crippen molar-refractivity contribution in [1.82, 2.24) is 4.98 Å². The molecule has 2 rings (SSSR count). The molecule has 7 heteroatoms. The molecule has 0 saturated heterocycles. The van der Waals surface area contributed by atoms with E-state index in [1.165, 1.54) is 11.3 Å². The SMILES string of the molecule is CCc1c(Cl)cc(NCc2cnc(Cl)s2)c(O)c1Cl. The molecule has 1 aromatic carbocycles. The van der Waals surface area contributed by atoms with Crippen LogP contribution < -0.4 is 5.32 Å². The molecule has 0 spiro atoms. The summed E-state index contributed by atoms with van der Waals surface area (Å²) in [6, 6.07) is 1.67. The molecule has 102 valence electrons. The number of hydrogen-bond donors (Lipinski definition) is 2. The Morgan fingerprint density at radius 1 is 1.37 bits per heavy atom. The van der Waals surface area contributed by atoms with E-state index in [1.54, 1.807) is 12.3 Å². The quantitative estimate of drug-likeness (QED) is 0.773. The summed E-state index contributed by atoms with van der Waals surface area (Å²) in [5.41, 5.74) is 1.24. The summed E-state index contributed by atoms with van der Waals surface area (Å²) >= 11 is 19.3. The van der Waals surface area contributed by atoms with Crippen molar-refractivity contribution in [2.75, 3.05) is 5.32 Å². The molecule has 2 N–H and O–H groups in total. The normalized spacial score (nSPS) is 10.7. The zero-order valence-corrected chi connectivity index (χ0v) is 13.1. The van der Waals surface area contributed by atoms with Gasteiger partial charge in [-0.25, -0.2) is 4.98 Å². The van der Waals surface area contributed by atoms with E-state index in [0.29, 0.717) is 33.2 Å². The van der Waals surface area contributed by atoms with Crippen LogP contribution in [-0.4, -0.2) is 10.1 Å². The highest BCUT2D eigenvalue weighted by molar-refractivity contribution is 7.15. The Bertz CT molecular complexity index is 601. The maximum atomic E-state index is 10.0. The average Bonchev–Trinajstić information content (AvgIpc) is 2.79.